The Balaban J connectivity index is 2.42. The van der Waals surface area contributed by atoms with Crippen molar-refractivity contribution in [1.82, 2.24) is 0 Å². The van der Waals surface area contributed by atoms with Crippen LogP contribution in [-0.4, -0.2) is 23.3 Å². The molecule has 6 heteroatoms. The zero-order chi connectivity index (χ0) is 14.7. The zero-order valence-corrected chi connectivity index (χ0v) is 11.2. The van der Waals surface area contributed by atoms with Gasteiger partial charge in [0.05, 0.1) is 18.0 Å². The second-order valence-electron chi connectivity index (χ2n) is 4.65. The Kier molecular flexibility index (Phi) is 4.12. The van der Waals surface area contributed by atoms with Gasteiger partial charge in [-0.05, 0) is 31.4 Å². The van der Waals surface area contributed by atoms with Gasteiger partial charge in [-0.25, -0.2) is 0 Å². The van der Waals surface area contributed by atoms with E-state index in [1.165, 1.54) is 6.07 Å². The van der Waals surface area contributed by atoms with E-state index in [0.717, 1.165) is 12.0 Å². The van der Waals surface area contributed by atoms with E-state index >= 15 is 0 Å². The number of rotatable bonds is 4. The lowest BCUT2D eigenvalue weighted by Gasteiger charge is -2.15. The molecule has 0 fully saturated rings. The second kappa shape index (κ2) is 5.81. The summed E-state index contributed by atoms with van der Waals surface area (Å²) in [6.07, 6.45) is 1.71. The summed E-state index contributed by atoms with van der Waals surface area (Å²) in [5.41, 5.74) is 1.32. The first-order valence-corrected chi connectivity index (χ1v) is 6.52. The van der Waals surface area contributed by atoms with Crippen LogP contribution in [0.3, 0.4) is 0 Å². The molecule has 6 nitrogen and oxygen atoms in total. The Bertz CT molecular complexity index is 579. The third kappa shape index (κ3) is 2.84. The summed E-state index contributed by atoms with van der Waals surface area (Å²) in [5.74, 6) is -0.574. The van der Waals surface area contributed by atoms with Crippen molar-refractivity contribution in [2.45, 2.75) is 32.6 Å². The number of hydrogen-bond donors (Lipinski definition) is 0. The molecular weight excluding hydrogens is 262 g/mol. The fourth-order valence-corrected chi connectivity index (χ4v) is 2.40. The lowest BCUT2D eigenvalue weighted by Crippen LogP contribution is -2.14. The van der Waals surface area contributed by atoms with E-state index in [2.05, 4.69) is 0 Å². The molecule has 0 radical (unpaired) electrons. The number of fused-ring (bicyclic) bond motifs is 1. The molecule has 0 saturated heterocycles. The monoisotopic (exact) mass is 277 g/mol. The maximum atomic E-state index is 11.8. The summed E-state index contributed by atoms with van der Waals surface area (Å²) in [5, 5.41) is 11.1. The highest BCUT2D eigenvalue weighted by Crippen LogP contribution is 2.29. The molecule has 0 unspecified atom stereocenters. The number of aryl methyl sites for hydroxylation is 1. The van der Waals surface area contributed by atoms with Crippen LogP contribution in [0.25, 0.3) is 0 Å². The molecule has 1 aliphatic carbocycles. The van der Waals surface area contributed by atoms with Gasteiger partial charge in [-0.3, -0.25) is 19.7 Å². The van der Waals surface area contributed by atoms with Crippen LogP contribution in [0, 0.1) is 10.1 Å². The first kappa shape index (κ1) is 14.2. The molecule has 0 saturated carbocycles. The van der Waals surface area contributed by atoms with Gasteiger partial charge in [0.15, 0.2) is 5.78 Å². The highest BCUT2D eigenvalue weighted by Gasteiger charge is 2.25. The molecule has 0 N–H and O–H groups in total. The molecule has 0 amide bonds. The van der Waals surface area contributed by atoms with Crippen molar-refractivity contribution >= 4 is 17.4 Å². The van der Waals surface area contributed by atoms with Crippen LogP contribution in [0.1, 0.15) is 41.3 Å². The second-order valence-corrected chi connectivity index (χ2v) is 4.65. The molecular formula is C14H15NO5. The van der Waals surface area contributed by atoms with Crippen molar-refractivity contribution in [3.05, 3.63) is 38.9 Å². The van der Waals surface area contributed by atoms with Gasteiger partial charge in [-0.1, -0.05) is 0 Å². The summed E-state index contributed by atoms with van der Waals surface area (Å²) < 4.78 is 4.82. The number of esters is 1. The minimum atomic E-state index is -0.559. The minimum Gasteiger partial charge on any atom is -0.466 e. The summed E-state index contributed by atoms with van der Waals surface area (Å²) in [4.78, 5) is 33.8. The van der Waals surface area contributed by atoms with E-state index in [-0.39, 0.29) is 24.5 Å². The quantitative estimate of drug-likeness (QED) is 0.478. The van der Waals surface area contributed by atoms with Gasteiger partial charge in [-0.2, -0.15) is 0 Å². The number of benzene rings is 1. The first-order chi connectivity index (χ1) is 9.52. The van der Waals surface area contributed by atoms with Gasteiger partial charge in [0.25, 0.3) is 5.69 Å². The van der Waals surface area contributed by atoms with E-state index in [1.54, 1.807) is 13.0 Å². The average molecular weight is 277 g/mol. The molecule has 1 aliphatic rings. The van der Waals surface area contributed by atoms with Gasteiger partial charge in [0.1, 0.15) is 0 Å². The van der Waals surface area contributed by atoms with E-state index in [9.17, 15) is 19.7 Å². The summed E-state index contributed by atoms with van der Waals surface area (Å²) in [7, 11) is 0. The van der Waals surface area contributed by atoms with Crippen molar-refractivity contribution in [3.63, 3.8) is 0 Å². The molecule has 0 aromatic heterocycles. The molecule has 0 aliphatic heterocycles. The SMILES string of the molecule is CCOC(=O)Cc1cc2c(cc1[N+](=O)[O-])C(=O)CCC2. The smallest absolute Gasteiger partial charge is 0.310 e. The van der Waals surface area contributed by atoms with Gasteiger partial charge < -0.3 is 4.74 Å². The summed E-state index contributed by atoms with van der Waals surface area (Å²) in [6, 6.07) is 2.90. The molecule has 0 heterocycles. The fraction of sp³-hybridized carbons (Fsp3) is 0.429. The number of nitro groups is 1. The van der Waals surface area contributed by atoms with Crippen molar-refractivity contribution in [2.24, 2.45) is 0 Å². The van der Waals surface area contributed by atoms with E-state index in [1.807, 2.05) is 0 Å². The fourth-order valence-electron chi connectivity index (χ4n) is 2.40. The Morgan fingerprint density at radius 1 is 1.40 bits per heavy atom. The molecule has 2 rings (SSSR count). The topological polar surface area (TPSA) is 86.5 Å². The van der Waals surface area contributed by atoms with Gasteiger partial charge in [0.2, 0.25) is 0 Å². The highest BCUT2D eigenvalue weighted by molar-refractivity contribution is 5.99. The number of ketones is 1. The van der Waals surface area contributed by atoms with E-state index in [4.69, 9.17) is 4.74 Å². The van der Waals surface area contributed by atoms with Crippen molar-refractivity contribution in [1.29, 1.82) is 0 Å². The Morgan fingerprint density at radius 2 is 2.15 bits per heavy atom. The van der Waals surface area contributed by atoms with Crippen molar-refractivity contribution in [3.8, 4) is 0 Å². The number of hydrogen-bond acceptors (Lipinski definition) is 5. The standard InChI is InChI=1S/C14H15NO5/c1-2-20-14(17)7-10-6-9-4-3-5-13(16)11(9)8-12(10)15(18)19/h6,8H,2-5,7H2,1H3. The maximum Gasteiger partial charge on any atom is 0.310 e. The van der Waals surface area contributed by atoms with Crippen LogP contribution in [-0.2, 0) is 22.4 Å². The van der Waals surface area contributed by atoms with Crippen molar-refractivity contribution in [2.75, 3.05) is 6.61 Å². The Labute approximate surface area is 115 Å². The number of carbonyl (C=O) groups excluding carboxylic acids is 2. The van der Waals surface area contributed by atoms with Crippen LogP contribution in [0.5, 0.6) is 0 Å². The predicted molar refractivity (Wildman–Crippen MR) is 70.7 cm³/mol. The first-order valence-electron chi connectivity index (χ1n) is 6.52. The lowest BCUT2D eigenvalue weighted by molar-refractivity contribution is -0.385. The van der Waals surface area contributed by atoms with Crippen LogP contribution < -0.4 is 0 Å². The molecule has 106 valence electrons. The van der Waals surface area contributed by atoms with Crippen LogP contribution >= 0.6 is 0 Å². The third-order valence-electron chi connectivity index (χ3n) is 3.29. The number of nitrogens with zero attached hydrogens (tertiary/aromatic N) is 1. The van der Waals surface area contributed by atoms with E-state index < -0.39 is 10.9 Å². The third-order valence-corrected chi connectivity index (χ3v) is 3.29. The van der Waals surface area contributed by atoms with E-state index in [0.29, 0.717) is 24.0 Å². The summed E-state index contributed by atoms with van der Waals surface area (Å²) in [6.45, 7) is 1.91. The van der Waals surface area contributed by atoms with Crippen molar-refractivity contribution < 1.29 is 19.2 Å². The molecule has 0 spiro atoms. The molecule has 0 atom stereocenters. The van der Waals surface area contributed by atoms with Crippen LogP contribution in [0.4, 0.5) is 5.69 Å². The van der Waals surface area contributed by atoms with Gasteiger partial charge >= 0.3 is 5.97 Å². The lowest BCUT2D eigenvalue weighted by atomic mass is 9.88. The summed E-state index contributed by atoms with van der Waals surface area (Å²) >= 11 is 0. The Morgan fingerprint density at radius 3 is 2.80 bits per heavy atom. The number of ether oxygens (including phenoxy) is 1. The highest BCUT2D eigenvalue weighted by atomic mass is 16.6. The van der Waals surface area contributed by atoms with Gasteiger partial charge in [-0.15, -0.1) is 0 Å². The minimum absolute atomic E-state index is 0.0722. The maximum absolute atomic E-state index is 11.8. The van der Waals surface area contributed by atoms with Crippen LogP contribution in [0.15, 0.2) is 12.1 Å². The molecule has 0 bridgehead atoms. The normalized spacial score (nSPS) is 13.8. The molecule has 1 aromatic carbocycles. The predicted octanol–water partition coefficient (Wildman–Crippen LogP) is 2.22. The average Bonchev–Trinajstić information content (AvgIpc) is 2.38. The zero-order valence-electron chi connectivity index (χ0n) is 11.2. The van der Waals surface area contributed by atoms with Gasteiger partial charge in [0, 0.05) is 23.6 Å². The number of nitro benzene ring substituents is 1. The number of Topliss-reactive ketones (excluding diaryl/α,β-unsaturated/α-hetero) is 1. The molecule has 1 aromatic rings. The molecule has 20 heavy (non-hydrogen) atoms. The largest absolute Gasteiger partial charge is 0.466 e. The van der Waals surface area contributed by atoms with Crippen LogP contribution in [0.2, 0.25) is 0 Å². The number of carbonyl (C=O) groups is 2. The Hall–Kier alpha value is -2.24.